The van der Waals surface area contributed by atoms with E-state index in [0.717, 1.165) is 129 Å². The molecule has 16 rings (SSSR count). The Morgan fingerprint density at radius 3 is 0.630 bits per heavy atom. The highest BCUT2D eigenvalue weighted by molar-refractivity contribution is 5.76. The first-order valence-corrected chi connectivity index (χ1v) is 50.1. The fourth-order valence-electron chi connectivity index (χ4n) is 21.1. The average Bonchev–Trinajstić information content (AvgIpc) is 0.818. The maximum Gasteiger partial charge on any atom is 0.131 e. The lowest BCUT2D eigenvalue weighted by atomic mass is 9.77. The van der Waals surface area contributed by atoms with E-state index in [-0.39, 0.29) is 23.3 Å². The Balaban J connectivity index is 0.000000145. The summed E-state index contributed by atoms with van der Waals surface area (Å²) in [6.45, 7) is 17.8. The summed E-state index contributed by atoms with van der Waals surface area (Å²) in [6.07, 6.45) is 45.8. The van der Waals surface area contributed by atoms with E-state index >= 15 is 8.78 Å². The topological polar surface area (TPSA) is 0 Å². The minimum Gasteiger partial charge on any atom is -0.206 e. The van der Waals surface area contributed by atoms with Crippen molar-refractivity contribution in [1.29, 1.82) is 0 Å². The number of rotatable bonds is 31. The van der Waals surface area contributed by atoms with E-state index in [0.29, 0.717) is 45.9 Å². The van der Waals surface area contributed by atoms with Crippen LogP contribution in [0.15, 0.2) is 267 Å². The van der Waals surface area contributed by atoms with Crippen LogP contribution in [-0.4, -0.2) is 0 Å². The predicted octanol–water partition coefficient (Wildman–Crippen LogP) is 38.1. The molecule has 0 N–H and O–H groups in total. The molecule has 0 heterocycles. The summed E-state index contributed by atoms with van der Waals surface area (Å²) in [6, 6.07) is 91.0. The van der Waals surface area contributed by atoms with Gasteiger partial charge in [-0.3, -0.25) is 0 Å². The van der Waals surface area contributed by atoms with Crippen LogP contribution < -0.4 is 0 Å². The Kier molecular flexibility index (Phi) is 36.8. The van der Waals surface area contributed by atoms with Crippen LogP contribution in [0.3, 0.4) is 0 Å². The highest BCUT2D eigenvalue weighted by Gasteiger charge is 2.27. The quantitative estimate of drug-likeness (QED) is 0.0300. The van der Waals surface area contributed by atoms with Gasteiger partial charge in [-0.1, -0.05) is 399 Å². The first-order chi connectivity index (χ1) is 62.2. The van der Waals surface area contributed by atoms with Gasteiger partial charge in [-0.2, -0.15) is 0 Å². The van der Waals surface area contributed by atoms with Gasteiger partial charge in [0.2, 0.25) is 0 Å². The highest BCUT2D eigenvalue weighted by Crippen LogP contribution is 2.45. The molecule has 0 spiro atoms. The second-order valence-electron chi connectivity index (χ2n) is 38.3. The summed E-state index contributed by atoms with van der Waals surface area (Å²) >= 11 is 0. The average molecular weight is 1700 g/mol. The van der Waals surface area contributed by atoms with Crippen molar-refractivity contribution in [2.24, 2.45) is 23.7 Å². The lowest BCUT2D eigenvalue weighted by molar-refractivity contribution is 0.303. The molecular weight excluding hydrogens is 1550 g/mol. The standard InChI is InChI=1S/C32H39F.C31H37F.2C30H35F/c1-3-5-6-8-25-11-13-26(14-12-25)27-17-19-29(20-18-27)31-22-21-30(23-32(31)33)28-15-9-24(7-4-2)10-16-28;1-3-5-7-24-10-12-25(13-11-24)26-16-18-28(19-17-26)30-21-20-29(22-31(30)32)27-14-8-23(6-4-2)9-15-27;1-3-4-5-6-23-9-13-24(14-10-23)25-15-17-27(18-16-25)29-20-19-28(21-30(29)31)26-11-7-22(2)8-12-26;1-3-5-22-7-11-24(12-8-22)25-15-17-27(18-16-25)29-20-19-28(21-30(29)31)26-13-9-23(6-4-2)10-14-26/h9-10,15-23,25-26H,3-8,11-14H2,1-2H3;8-9,14-22,24-25H,3-7,10-13H2,1-2H3;7-8,11-12,15-21,23-24H,3-6,9-10,13-14H2,1-2H3;9-10,13-22,24H,3-8,11-12H2,1-2H3. The van der Waals surface area contributed by atoms with Gasteiger partial charge < -0.3 is 0 Å². The molecule has 4 saturated carbocycles. The maximum atomic E-state index is 15.0. The van der Waals surface area contributed by atoms with Gasteiger partial charge in [-0.25, -0.2) is 17.6 Å². The molecular formula is C123H146F4. The molecule has 12 aromatic rings. The van der Waals surface area contributed by atoms with Crippen LogP contribution >= 0.6 is 0 Å². The first kappa shape index (κ1) is 95.0. The largest absolute Gasteiger partial charge is 0.206 e. The maximum absolute atomic E-state index is 15.0. The van der Waals surface area contributed by atoms with Gasteiger partial charge in [-0.05, 0) is 306 Å². The summed E-state index contributed by atoms with van der Waals surface area (Å²) in [5.74, 6) is 5.81. The molecule has 0 bridgehead atoms. The molecule has 0 unspecified atom stereocenters. The molecule has 666 valence electrons. The van der Waals surface area contributed by atoms with Crippen LogP contribution in [0, 0.1) is 53.9 Å². The van der Waals surface area contributed by atoms with Gasteiger partial charge in [0.15, 0.2) is 0 Å². The molecule has 4 aliphatic carbocycles. The number of unbranched alkanes of at least 4 members (excludes halogenated alkanes) is 5. The highest BCUT2D eigenvalue weighted by atomic mass is 19.1. The minimum atomic E-state index is -0.154. The molecule has 12 aromatic carbocycles. The third-order valence-corrected chi connectivity index (χ3v) is 29.0. The molecule has 0 aromatic heterocycles. The number of hydrogen-bond donors (Lipinski definition) is 0. The third-order valence-electron chi connectivity index (χ3n) is 29.0. The molecule has 4 aliphatic rings. The summed E-state index contributed by atoms with van der Waals surface area (Å²) in [7, 11) is 0. The number of hydrogen-bond acceptors (Lipinski definition) is 0. The van der Waals surface area contributed by atoms with Gasteiger partial charge >= 0.3 is 0 Å². The zero-order valence-corrected chi connectivity index (χ0v) is 78.3. The third kappa shape index (κ3) is 27.2. The van der Waals surface area contributed by atoms with Crippen LogP contribution in [0.1, 0.15) is 322 Å². The Labute approximate surface area is 763 Å². The van der Waals surface area contributed by atoms with Crippen molar-refractivity contribution in [1.82, 2.24) is 0 Å². The zero-order chi connectivity index (χ0) is 88.6. The monoisotopic (exact) mass is 1700 g/mol. The van der Waals surface area contributed by atoms with E-state index in [1.54, 1.807) is 24.3 Å². The summed E-state index contributed by atoms with van der Waals surface area (Å²) in [4.78, 5) is 0. The van der Waals surface area contributed by atoms with Crippen LogP contribution in [-0.2, 0) is 19.3 Å². The first-order valence-electron chi connectivity index (χ1n) is 50.1. The fraction of sp³-hybridized carbons (Fsp3) is 0.415. The Morgan fingerprint density at radius 1 is 0.197 bits per heavy atom. The summed E-state index contributed by atoms with van der Waals surface area (Å²) < 4.78 is 60.0. The van der Waals surface area contributed by atoms with E-state index in [1.807, 2.05) is 48.5 Å². The molecule has 0 atom stereocenters. The van der Waals surface area contributed by atoms with E-state index in [4.69, 9.17) is 0 Å². The van der Waals surface area contributed by atoms with Gasteiger partial charge in [-0.15, -0.1) is 0 Å². The second-order valence-corrected chi connectivity index (χ2v) is 38.3. The molecule has 0 radical (unpaired) electrons. The van der Waals surface area contributed by atoms with Crippen molar-refractivity contribution in [3.63, 3.8) is 0 Å². The molecule has 4 fully saturated rings. The lowest BCUT2D eigenvalue weighted by Crippen LogP contribution is -2.13. The van der Waals surface area contributed by atoms with Gasteiger partial charge in [0.1, 0.15) is 23.3 Å². The van der Waals surface area contributed by atoms with Crippen LogP contribution in [0.4, 0.5) is 17.6 Å². The van der Waals surface area contributed by atoms with E-state index in [2.05, 4.69) is 250 Å². The van der Waals surface area contributed by atoms with Crippen molar-refractivity contribution in [3.05, 3.63) is 335 Å². The Morgan fingerprint density at radius 2 is 0.409 bits per heavy atom. The van der Waals surface area contributed by atoms with Crippen molar-refractivity contribution in [3.8, 4) is 89.0 Å². The van der Waals surface area contributed by atoms with Crippen LogP contribution in [0.2, 0.25) is 0 Å². The van der Waals surface area contributed by atoms with E-state index in [9.17, 15) is 8.78 Å². The number of halogens is 4. The Bertz CT molecular complexity index is 5220. The van der Waals surface area contributed by atoms with Gasteiger partial charge in [0, 0.05) is 22.3 Å². The molecule has 0 saturated heterocycles. The van der Waals surface area contributed by atoms with Crippen molar-refractivity contribution < 1.29 is 17.6 Å². The SMILES string of the molecule is CCCCC1CCC(c2ccc(-c3ccc(-c4ccc(CCC)cc4)cc3F)cc2)CC1.CCCCCC1CCC(c2ccc(-c3ccc(-c4ccc(C)cc4)cc3F)cc2)CC1.CCCCCC1CCC(c2ccc(-c3ccc(-c4ccc(CCC)cc4)cc3F)cc2)CC1.CCCc1ccc(-c2ccc(-c3ccc(C4CCC(CCC)CC4)cc3)c(F)c2)cc1. The summed E-state index contributed by atoms with van der Waals surface area (Å²) in [5.41, 5.74) is 25.5. The van der Waals surface area contributed by atoms with Gasteiger partial charge in [0.25, 0.3) is 0 Å². The van der Waals surface area contributed by atoms with E-state index in [1.165, 1.54) is 231 Å². The summed E-state index contributed by atoms with van der Waals surface area (Å²) in [5, 5.41) is 0. The fourth-order valence-corrected chi connectivity index (χ4v) is 21.1. The molecule has 4 heteroatoms. The van der Waals surface area contributed by atoms with E-state index < -0.39 is 0 Å². The number of aryl methyl sites for hydroxylation is 4. The zero-order valence-electron chi connectivity index (χ0n) is 78.3. The molecule has 127 heavy (non-hydrogen) atoms. The minimum absolute atomic E-state index is 0.148. The van der Waals surface area contributed by atoms with Crippen LogP contribution in [0.25, 0.3) is 89.0 Å². The second kappa shape index (κ2) is 49.2. The molecule has 0 amide bonds. The van der Waals surface area contributed by atoms with Crippen molar-refractivity contribution >= 4 is 0 Å². The molecule has 0 aliphatic heterocycles. The van der Waals surface area contributed by atoms with Gasteiger partial charge in [0.05, 0.1) is 0 Å². The van der Waals surface area contributed by atoms with Crippen molar-refractivity contribution in [2.75, 3.05) is 0 Å². The lowest BCUT2D eigenvalue weighted by Gasteiger charge is -2.29. The Hall–Kier alpha value is -9.64. The number of benzene rings is 12. The van der Waals surface area contributed by atoms with Crippen molar-refractivity contribution in [2.45, 2.75) is 304 Å². The smallest absolute Gasteiger partial charge is 0.131 e. The van der Waals surface area contributed by atoms with Crippen LogP contribution in [0.5, 0.6) is 0 Å². The predicted molar refractivity (Wildman–Crippen MR) is 537 cm³/mol. The normalized spacial score (nSPS) is 18.6. The molecule has 0 nitrogen and oxygen atoms in total.